The van der Waals surface area contributed by atoms with Crippen molar-refractivity contribution in [1.82, 2.24) is 0 Å². The molecule has 0 unspecified atom stereocenters. The number of aryl methyl sites for hydroxylation is 1. The minimum atomic E-state index is 0.0906. The molecule has 15 heavy (non-hydrogen) atoms. The zero-order chi connectivity index (χ0) is 11.4. The molecule has 0 saturated heterocycles. The average Bonchev–Trinajstić information content (AvgIpc) is 2.20. The molecule has 0 bridgehead atoms. The van der Waals surface area contributed by atoms with Gasteiger partial charge in [-0.2, -0.15) is 0 Å². The molecule has 0 aromatic heterocycles. The van der Waals surface area contributed by atoms with Crippen molar-refractivity contribution < 1.29 is 4.79 Å². The first kappa shape index (κ1) is 12.3. The second-order valence-corrected chi connectivity index (χ2v) is 4.41. The van der Waals surface area contributed by atoms with Crippen molar-refractivity contribution in [2.45, 2.75) is 33.1 Å². The number of benzene rings is 1. The molecule has 0 aliphatic rings. The van der Waals surface area contributed by atoms with Crippen LogP contribution in [-0.2, 0) is 11.2 Å². The highest BCUT2D eigenvalue weighted by Gasteiger charge is 2.11. The number of Topliss-reactive ketones (excluding diaryl/α,β-unsaturated/α-hetero) is 1. The fraction of sp³-hybridized carbons (Fsp3) is 0.462. The summed E-state index contributed by atoms with van der Waals surface area (Å²) in [6, 6.07) is 6.18. The standard InChI is InChI=1S/C13H17ClO/c1-9(2)12-6-4-5-10(3)13(12)7-11(15)8-14/h4-6,9H,7-8H2,1-3H3. The molecule has 0 radical (unpaired) electrons. The Labute approximate surface area is 96.5 Å². The van der Waals surface area contributed by atoms with Gasteiger partial charge in [0, 0.05) is 6.42 Å². The van der Waals surface area contributed by atoms with Crippen molar-refractivity contribution in [3.8, 4) is 0 Å². The van der Waals surface area contributed by atoms with E-state index in [1.54, 1.807) is 0 Å². The monoisotopic (exact) mass is 224 g/mol. The van der Waals surface area contributed by atoms with Crippen LogP contribution in [0.25, 0.3) is 0 Å². The predicted octanol–water partition coefficient (Wildman–Crippen LogP) is 3.47. The summed E-state index contributed by atoms with van der Waals surface area (Å²) in [5, 5.41) is 0. The first-order valence-electron chi connectivity index (χ1n) is 5.22. The molecule has 2 heteroatoms. The van der Waals surface area contributed by atoms with Crippen molar-refractivity contribution >= 4 is 17.4 Å². The second kappa shape index (κ2) is 5.32. The van der Waals surface area contributed by atoms with Crippen LogP contribution in [0.2, 0.25) is 0 Å². The van der Waals surface area contributed by atoms with Gasteiger partial charge in [0.2, 0.25) is 0 Å². The van der Waals surface area contributed by atoms with Crippen LogP contribution < -0.4 is 0 Å². The molecule has 0 saturated carbocycles. The summed E-state index contributed by atoms with van der Waals surface area (Å²) in [7, 11) is 0. The number of ketones is 1. The van der Waals surface area contributed by atoms with Gasteiger partial charge in [-0.05, 0) is 29.5 Å². The summed E-state index contributed by atoms with van der Waals surface area (Å²) in [6.45, 7) is 6.33. The van der Waals surface area contributed by atoms with Crippen LogP contribution in [-0.4, -0.2) is 11.7 Å². The van der Waals surface area contributed by atoms with E-state index < -0.39 is 0 Å². The summed E-state index contributed by atoms with van der Waals surface area (Å²) in [6.07, 6.45) is 0.462. The normalized spacial score (nSPS) is 10.7. The van der Waals surface area contributed by atoms with E-state index in [-0.39, 0.29) is 11.7 Å². The largest absolute Gasteiger partial charge is 0.298 e. The van der Waals surface area contributed by atoms with Gasteiger partial charge in [-0.25, -0.2) is 0 Å². The molecular formula is C13H17ClO. The zero-order valence-corrected chi connectivity index (χ0v) is 10.3. The fourth-order valence-corrected chi connectivity index (χ4v) is 1.85. The molecule has 0 fully saturated rings. The van der Waals surface area contributed by atoms with Gasteiger partial charge in [0.25, 0.3) is 0 Å². The Morgan fingerprint density at radius 1 is 1.40 bits per heavy atom. The van der Waals surface area contributed by atoms with Crippen LogP contribution in [0.1, 0.15) is 36.5 Å². The highest BCUT2D eigenvalue weighted by Crippen LogP contribution is 2.23. The molecule has 1 aromatic rings. The van der Waals surface area contributed by atoms with E-state index >= 15 is 0 Å². The lowest BCUT2D eigenvalue weighted by Gasteiger charge is -2.14. The molecule has 0 heterocycles. The lowest BCUT2D eigenvalue weighted by atomic mass is 9.91. The molecule has 0 spiro atoms. The van der Waals surface area contributed by atoms with Gasteiger partial charge < -0.3 is 0 Å². The van der Waals surface area contributed by atoms with E-state index in [0.717, 1.165) is 5.56 Å². The first-order valence-corrected chi connectivity index (χ1v) is 5.75. The zero-order valence-electron chi connectivity index (χ0n) is 9.51. The van der Waals surface area contributed by atoms with E-state index in [1.807, 2.05) is 19.1 Å². The van der Waals surface area contributed by atoms with Crippen LogP contribution in [0, 0.1) is 6.92 Å². The molecule has 0 aliphatic heterocycles. The van der Waals surface area contributed by atoms with Crippen molar-refractivity contribution in [2.24, 2.45) is 0 Å². The SMILES string of the molecule is Cc1cccc(C(C)C)c1CC(=O)CCl. The van der Waals surface area contributed by atoms with Gasteiger partial charge in [0.1, 0.15) is 0 Å². The molecule has 1 rings (SSSR count). The van der Waals surface area contributed by atoms with Crippen molar-refractivity contribution in [1.29, 1.82) is 0 Å². The van der Waals surface area contributed by atoms with Gasteiger partial charge in [-0.1, -0.05) is 32.0 Å². The minimum absolute atomic E-state index is 0.0906. The highest BCUT2D eigenvalue weighted by atomic mass is 35.5. The Morgan fingerprint density at radius 2 is 2.07 bits per heavy atom. The molecule has 1 aromatic carbocycles. The van der Waals surface area contributed by atoms with Crippen LogP contribution in [0.3, 0.4) is 0 Å². The summed E-state index contributed by atoms with van der Waals surface area (Å²) in [4.78, 5) is 11.4. The summed E-state index contributed by atoms with van der Waals surface area (Å²) in [5.74, 6) is 0.641. The number of halogens is 1. The van der Waals surface area contributed by atoms with Crippen LogP contribution >= 0.6 is 11.6 Å². The van der Waals surface area contributed by atoms with Crippen LogP contribution in [0.4, 0.5) is 0 Å². The molecule has 82 valence electrons. The van der Waals surface area contributed by atoms with Crippen LogP contribution in [0.15, 0.2) is 18.2 Å². The molecular weight excluding hydrogens is 208 g/mol. The number of hydrogen-bond donors (Lipinski definition) is 0. The predicted molar refractivity (Wildman–Crippen MR) is 64.7 cm³/mol. The topological polar surface area (TPSA) is 17.1 Å². The van der Waals surface area contributed by atoms with Crippen molar-refractivity contribution in [3.63, 3.8) is 0 Å². The number of carbonyl (C=O) groups is 1. The van der Waals surface area contributed by atoms with Gasteiger partial charge in [-0.3, -0.25) is 4.79 Å². The van der Waals surface area contributed by atoms with Gasteiger partial charge in [0.15, 0.2) is 5.78 Å². The third-order valence-electron chi connectivity index (χ3n) is 2.59. The Morgan fingerprint density at radius 3 is 2.60 bits per heavy atom. The Bertz CT molecular complexity index is 356. The second-order valence-electron chi connectivity index (χ2n) is 4.15. The van der Waals surface area contributed by atoms with Gasteiger partial charge >= 0.3 is 0 Å². The summed E-state index contributed by atoms with van der Waals surface area (Å²) >= 11 is 5.54. The van der Waals surface area contributed by atoms with Gasteiger partial charge in [0.05, 0.1) is 5.88 Å². The van der Waals surface area contributed by atoms with E-state index in [0.29, 0.717) is 12.3 Å². The third kappa shape index (κ3) is 3.07. The highest BCUT2D eigenvalue weighted by molar-refractivity contribution is 6.27. The molecule has 0 aliphatic carbocycles. The number of rotatable bonds is 4. The van der Waals surface area contributed by atoms with Crippen molar-refractivity contribution in [2.75, 3.05) is 5.88 Å². The lowest BCUT2D eigenvalue weighted by molar-refractivity contribution is -0.116. The van der Waals surface area contributed by atoms with Gasteiger partial charge in [-0.15, -0.1) is 11.6 Å². The smallest absolute Gasteiger partial charge is 0.151 e. The third-order valence-corrected chi connectivity index (χ3v) is 2.89. The Hall–Kier alpha value is -0.820. The minimum Gasteiger partial charge on any atom is -0.298 e. The molecule has 1 nitrogen and oxygen atoms in total. The van der Waals surface area contributed by atoms with Crippen molar-refractivity contribution in [3.05, 3.63) is 34.9 Å². The Balaban J connectivity index is 3.07. The maximum atomic E-state index is 11.4. The maximum Gasteiger partial charge on any atom is 0.151 e. The van der Waals surface area contributed by atoms with E-state index in [1.165, 1.54) is 11.1 Å². The summed E-state index contributed by atoms with van der Waals surface area (Å²) < 4.78 is 0. The first-order chi connectivity index (χ1) is 7.06. The number of alkyl halides is 1. The number of hydrogen-bond acceptors (Lipinski definition) is 1. The van der Waals surface area contributed by atoms with E-state index in [2.05, 4.69) is 19.9 Å². The number of carbonyl (C=O) groups excluding carboxylic acids is 1. The van der Waals surface area contributed by atoms with E-state index in [4.69, 9.17) is 11.6 Å². The average molecular weight is 225 g/mol. The van der Waals surface area contributed by atoms with E-state index in [9.17, 15) is 4.79 Å². The molecule has 0 N–H and O–H groups in total. The quantitative estimate of drug-likeness (QED) is 0.716. The summed E-state index contributed by atoms with van der Waals surface area (Å²) in [5.41, 5.74) is 3.59. The maximum absolute atomic E-state index is 11.4. The van der Waals surface area contributed by atoms with Crippen LogP contribution in [0.5, 0.6) is 0 Å². The lowest BCUT2D eigenvalue weighted by Crippen LogP contribution is -2.08. The Kier molecular flexibility index (Phi) is 4.34. The molecule has 0 amide bonds. The fourth-order valence-electron chi connectivity index (χ4n) is 1.75. The molecule has 0 atom stereocenters.